The first kappa shape index (κ1) is 14.9. The van der Waals surface area contributed by atoms with Gasteiger partial charge in [-0.25, -0.2) is 18.7 Å². The number of benzene rings is 1. The van der Waals surface area contributed by atoms with Crippen LogP contribution < -0.4 is 9.88 Å². The summed E-state index contributed by atoms with van der Waals surface area (Å²) in [4.78, 5) is -1.41. The van der Waals surface area contributed by atoms with Crippen LogP contribution in [-0.2, 0) is 31.9 Å². The van der Waals surface area contributed by atoms with Gasteiger partial charge in [0.2, 0.25) is 10.0 Å². The fraction of sp³-hybridized carbons (Fsp3) is 0.250. The Bertz CT molecular complexity index is 663. The summed E-state index contributed by atoms with van der Waals surface area (Å²) in [5.41, 5.74) is -0.239. The normalized spacial score (nSPS) is 12.4. The van der Waals surface area contributed by atoms with Gasteiger partial charge >= 0.3 is 0 Å². The first-order valence-corrected chi connectivity index (χ1v) is 7.39. The summed E-state index contributed by atoms with van der Waals surface area (Å²) in [6, 6.07) is 1.53. The van der Waals surface area contributed by atoms with E-state index in [0.717, 1.165) is 13.2 Å². The molecular weight excluding hydrogens is 286 g/mol. The number of rotatable bonds is 4. The second-order valence-electron chi connectivity index (χ2n) is 3.28. The van der Waals surface area contributed by atoms with Crippen LogP contribution in [0.5, 0.6) is 5.75 Å². The molecule has 0 atom stereocenters. The van der Waals surface area contributed by atoms with Crippen molar-refractivity contribution in [3.63, 3.8) is 0 Å². The van der Waals surface area contributed by atoms with E-state index in [-0.39, 0.29) is 5.56 Å². The molecule has 0 fully saturated rings. The summed E-state index contributed by atoms with van der Waals surface area (Å²) in [5, 5.41) is 15.7. The third-order valence-corrected chi connectivity index (χ3v) is 3.82. The Hall–Kier alpha value is -1.20. The van der Waals surface area contributed by atoms with E-state index < -0.39 is 42.3 Å². The molecule has 8 nitrogen and oxygen atoms in total. The van der Waals surface area contributed by atoms with Crippen LogP contribution in [0.15, 0.2) is 21.9 Å². The van der Waals surface area contributed by atoms with Gasteiger partial charge < -0.3 is 4.74 Å². The quantitative estimate of drug-likeness (QED) is 0.718. The second kappa shape index (κ2) is 4.82. The van der Waals surface area contributed by atoms with Crippen molar-refractivity contribution in [2.24, 2.45) is 5.14 Å². The topological polar surface area (TPSA) is 144 Å². The average molecular weight is 296 g/mol. The summed E-state index contributed by atoms with van der Waals surface area (Å²) >= 11 is 0. The van der Waals surface area contributed by atoms with Crippen molar-refractivity contribution in [3.05, 3.63) is 17.7 Å². The van der Waals surface area contributed by atoms with Crippen LogP contribution in [0.25, 0.3) is 0 Å². The minimum Gasteiger partial charge on any atom is -0.495 e. The van der Waals surface area contributed by atoms with Crippen molar-refractivity contribution in [1.29, 1.82) is 0 Å². The Morgan fingerprint density at radius 1 is 1.28 bits per heavy atom. The molecule has 18 heavy (non-hydrogen) atoms. The lowest BCUT2D eigenvalue weighted by Crippen LogP contribution is -2.14. The molecule has 0 aromatic heterocycles. The lowest BCUT2D eigenvalue weighted by molar-refractivity contribution is 0.173. The maximum Gasteiger partial charge on any atom is 0.298 e. The van der Waals surface area contributed by atoms with Crippen molar-refractivity contribution in [1.82, 2.24) is 0 Å². The molecule has 0 aliphatic rings. The average Bonchev–Trinajstić information content (AvgIpc) is 2.24. The SMILES string of the molecule is COc1c(C[O])cc(S(N)(=O)=O)cc1S(=O)(=O)O. The number of nitrogens with two attached hydrogens (primary N) is 1. The van der Waals surface area contributed by atoms with Crippen LogP contribution in [0.4, 0.5) is 0 Å². The summed E-state index contributed by atoms with van der Waals surface area (Å²) in [7, 11) is -7.87. The molecule has 0 spiro atoms. The van der Waals surface area contributed by atoms with E-state index in [1.807, 2.05) is 0 Å². The summed E-state index contributed by atoms with van der Waals surface area (Å²) in [6.45, 7) is -0.935. The van der Waals surface area contributed by atoms with Crippen molar-refractivity contribution >= 4 is 20.1 Å². The van der Waals surface area contributed by atoms with Gasteiger partial charge in [-0.05, 0) is 12.1 Å². The fourth-order valence-electron chi connectivity index (χ4n) is 1.33. The van der Waals surface area contributed by atoms with E-state index in [1.54, 1.807) is 0 Å². The van der Waals surface area contributed by atoms with Crippen molar-refractivity contribution < 1.29 is 31.2 Å². The first-order chi connectivity index (χ1) is 8.11. The van der Waals surface area contributed by atoms with Gasteiger partial charge in [-0.15, -0.1) is 0 Å². The molecule has 3 N–H and O–H groups in total. The minimum atomic E-state index is -4.74. The molecule has 10 heteroatoms. The highest BCUT2D eigenvalue weighted by molar-refractivity contribution is 7.89. The zero-order chi connectivity index (χ0) is 14.1. The molecule has 0 unspecified atom stereocenters. The zero-order valence-corrected chi connectivity index (χ0v) is 10.8. The number of primary sulfonamides is 1. The van der Waals surface area contributed by atoms with Crippen molar-refractivity contribution in [2.45, 2.75) is 16.4 Å². The fourth-order valence-corrected chi connectivity index (χ4v) is 2.71. The molecule has 0 aliphatic carbocycles. The predicted octanol–water partition coefficient (Wildman–Crippen LogP) is -0.480. The van der Waals surface area contributed by atoms with Crippen LogP contribution in [-0.4, -0.2) is 28.5 Å². The molecule has 101 valence electrons. The highest BCUT2D eigenvalue weighted by atomic mass is 32.2. The van der Waals surface area contributed by atoms with Gasteiger partial charge in [0.1, 0.15) is 17.3 Å². The van der Waals surface area contributed by atoms with Crippen molar-refractivity contribution in [3.8, 4) is 5.75 Å². The van der Waals surface area contributed by atoms with E-state index >= 15 is 0 Å². The van der Waals surface area contributed by atoms with Gasteiger partial charge in [-0.2, -0.15) is 8.42 Å². The number of sulfonamides is 1. The van der Waals surface area contributed by atoms with E-state index in [4.69, 9.17) is 9.69 Å². The van der Waals surface area contributed by atoms with Crippen LogP contribution in [0.1, 0.15) is 5.56 Å². The summed E-state index contributed by atoms with van der Waals surface area (Å²) in [5.74, 6) is -0.403. The zero-order valence-electron chi connectivity index (χ0n) is 9.15. The number of hydrogen-bond donors (Lipinski definition) is 2. The smallest absolute Gasteiger partial charge is 0.298 e. The van der Waals surface area contributed by atoms with Crippen molar-refractivity contribution in [2.75, 3.05) is 7.11 Å². The lowest BCUT2D eigenvalue weighted by Gasteiger charge is -2.11. The van der Waals surface area contributed by atoms with E-state index in [1.165, 1.54) is 0 Å². The highest BCUT2D eigenvalue weighted by Gasteiger charge is 2.24. The molecule has 1 rings (SSSR count). The monoisotopic (exact) mass is 296 g/mol. The van der Waals surface area contributed by atoms with Crippen LogP contribution >= 0.6 is 0 Å². The Morgan fingerprint density at radius 2 is 1.83 bits per heavy atom. The molecule has 1 aromatic carbocycles. The second-order valence-corrected chi connectivity index (χ2v) is 6.23. The van der Waals surface area contributed by atoms with Gasteiger partial charge in [0, 0.05) is 5.56 Å². The van der Waals surface area contributed by atoms with E-state index in [0.29, 0.717) is 6.07 Å². The van der Waals surface area contributed by atoms with Gasteiger partial charge in [0.05, 0.1) is 12.0 Å². The number of ether oxygens (including phenoxy) is 1. The summed E-state index contributed by atoms with van der Waals surface area (Å²) in [6.07, 6.45) is 0. The van der Waals surface area contributed by atoms with Crippen LogP contribution in [0.3, 0.4) is 0 Å². The molecular formula is C8H10NO7S2. The largest absolute Gasteiger partial charge is 0.495 e. The van der Waals surface area contributed by atoms with Gasteiger partial charge in [-0.3, -0.25) is 4.55 Å². The molecule has 1 radical (unpaired) electrons. The molecule has 1 aromatic rings. The van der Waals surface area contributed by atoms with E-state index in [9.17, 15) is 21.9 Å². The molecule has 0 saturated carbocycles. The lowest BCUT2D eigenvalue weighted by atomic mass is 10.2. The third kappa shape index (κ3) is 2.97. The first-order valence-electron chi connectivity index (χ1n) is 4.40. The Morgan fingerprint density at radius 3 is 2.17 bits per heavy atom. The molecule has 0 amide bonds. The predicted molar refractivity (Wildman–Crippen MR) is 58.6 cm³/mol. The number of hydrogen-bond acceptors (Lipinski definition) is 5. The third-order valence-electron chi connectivity index (χ3n) is 2.07. The van der Waals surface area contributed by atoms with Gasteiger partial charge in [0.25, 0.3) is 10.1 Å². The summed E-state index contributed by atoms with van der Waals surface area (Å²) < 4.78 is 58.1. The molecule has 0 aliphatic heterocycles. The van der Waals surface area contributed by atoms with E-state index in [2.05, 4.69) is 4.74 Å². The Balaban J connectivity index is 3.79. The Kier molecular flexibility index (Phi) is 3.98. The highest BCUT2D eigenvalue weighted by Crippen LogP contribution is 2.31. The number of methoxy groups -OCH3 is 1. The van der Waals surface area contributed by atoms with Crippen LogP contribution in [0.2, 0.25) is 0 Å². The Labute approximate surface area is 104 Å². The van der Waals surface area contributed by atoms with Gasteiger partial charge in [-0.1, -0.05) is 0 Å². The maximum absolute atomic E-state index is 11.1. The minimum absolute atomic E-state index is 0.239. The molecule has 0 saturated heterocycles. The van der Waals surface area contributed by atoms with Crippen LogP contribution in [0, 0.1) is 0 Å². The standard InChI is InChI=1S/C8H10NO7S2/c1-16-8-5(4-10)2-6(17(9,11)12)3-7(8)18(13,14)15/h2-3H,4H2,1H3,(H2,9,11,12)(H,13,14,15). The molecule has 0 heterocycles. The molecule has 0 bridgehead atoms. The maximum atomic E-state index is 11.1. The van der Waals surface area contributed by atoms with Gasteiger partial charge in [0.15, 0.2) is 0 Å².